The lowest BCUT2D eigenvalue weighted by Gasteiger charge is -2.23. The number of carbonyl (C=O) groups is 1. The zero-order chi connectivity index (χ0) is 14.4. The average molecular weight is 328 g/mol. The highest BCUT2D eigenvalue weighted by atomic mass is 79.9. The van der Waals surface area contributed by atoms with Gasteiger partial charge >= 0.3 is 0 Å². The van der Waals surface area contributed by atoms with Crippen molar-refractivity contribution in [2.75, 3.05) is 12.4 Å². The van der Waals surface area contributed by atoms with Gasteiger partial charge in [0.25, 0.3) is 5.91 Å². The van der Waals surface area contributed by atoms with E-state index in [1.165, 1.54) is 0 Å². The van der Waals surface area contributed by atoms with Gasteiger partial charge in [-0.05, 0) is 34.8 Å². The van der Waals surface area contributed by atoms with Crippen molar-refractivity contribution in [2.24, 2.45) is 5.92 Å². The minimum Gasteiger partial charge on any atom is -0.372 e. The Balaban J connectivity index is 2.86. The molecule has 0 aromatic carbocycles. The van der Waals surface area contributed by atoms with Gasteiger partial charge < -0.3 is 10.6 Å². The van der Waals surface area contributed by atoms with Gasteiger partial charge in [-0.3, -0.25) is 4.79 Å². The molecule has 1 rings (SSSR count). The van der Waals surface area contributed by atoms with E-state index in [2.05, 4.69) is 52.3 Å². The van der Waals surface area contributed by atoms with Gasteiger partial charge in [0.2, 0.25) is 0 Å². The first-order chi connectivity index (χ1) is 9.03. The third-order valence-corrected chi connectivity index (χ3v) is 3.88. The summed E-state index contributed by atoms with van der Waals surface area (Å²) in [5.41, 5.74) is 0.565. The third-order valence-electron chi connectivity index (χ3n) is 3.45. The van der Waals surface area contributed by atoms with Gasteiger partial charge in [0.1, 0.15) is 5.82 Å². The maximum atomic E-state index is 12.3. The first-order valence-electron chi connectivity index (χ1n) is 6.67. The second-order valence-electron chi connectivity index (χ2n) is 4.64. The summed E-state index contributed by atoms with van der Waals surface area (Å²) in [5, 5.41) is 6.00. The van der Waals surface area contributed by atoms with Crippen molar-refractivity contribution >= 4 is 27.7 Å². The zero-order valence-electron chi connectivity index (χ0n) is 12.0. The number of rotatable bonds is 6. The van der Waals surface area contributed by atoms with E-state index in [0.29, 0.717) is 17.3 Å². The monoisotopic (exact) mass is 327 g/mol. The van der Waals surface area contributed by atoms with E-state index in [0.717, 1.165) is 17.3 Å². The minimum absolute atomic E-state index is 0.0856. The maximum Gasteiger partial charge on any atom is 0.255 e. The minimum atomic E-state index is -0.0856. The van der Waals surface area contributed by atoms with E-state index in [1.807, 2.05) is 0 Å². The van der Waals surface area contributed by atoms with Crippen molar-refractivity contribution in [1.29, 1.82) is 0 Å². The first kappa shape index (κ1) is 16.0. The van der Waals surface area contributed by atoms with Gasteiger partial charge in [-0.1, -0.05) is 26.7 Å². The van der Waals surface area contributed by atoms with Crippen molar-refractivity contribution in [3.05, 3.63) is 22.3 Å². The van der Waals surface area contributed by atoms with Crippen LogP contribution < -0.4 is 10.6 Å². The first-order valence-corrected chi connectivity index (χ1v) is 7.46. The molecule has 1 unspecified atom stereocenters. The number of halogens is 1. The van der Waals surface area contributed by atoms with Crippen LogP contribution in [0.1, 0.15) is 44.0 Å². The highest BCUT2D eigenvalue weighted by Gasteiger charge is 2.19. The molecule has 0 aliphatic carbocycles. The van der Waals surface area contributed by atoms with Crippen LogP contribution in [0, 0.1) is 5.92 Å². The van der Waals surface area contributed by atoms with Gasteiger partial charge in [0.05, 0.1) is 5.56 Å². The molecule has 1 heterocycles. The molecule has 1 aromatic rings. The molecular weight excluding hydrogens is 306 g/mol. The number of carbonyl (C=O) groups excluding carboxylic acids is 1. The maximum absolute atomic E-state index is 12.3. The van der Waals surface area contributed by atoms with Crippen molar-refractivity contribution in [3.63, 3.8) is 0 Å². The molecular formula is C14H22BrN3O. The quantitative estimate of drug-likeness (QED) is 0.841. The topological polar surface area (TPSA) is 54.0 Å². The number of nitrogens with one attached hydrogen (secondary N) is 2. The van der Waals surface area contributed by atoms with Crippen LogP contribution in [0.15, 0.2) is 16.7 Å². The summed E-state index contributed by atoms with van der Waals surface area (Å²) in [6.07, 6.45) is 3.80. The summed E-state index contributed by atoms with van der Waals surface area (Å²) in [5.74, 6) is 1.01. The Hall–Kier alpha value is -1.10. The van der Waals surface area contributed by atoms with Gasteiger partial charge in [0.15, 0.2) is 0 Å². The molecule has 0 radical (unpaired) electrons. The molecule has 1 atom stereocenters. The van der Waals surface area contributed by atoms with Gasteiger partial charge in [-0.25, -0.2) is 4.98 Å². The summed E-state index contributed by atoms with van der Waals surface area (Å²) >= 11 is 3.35. The fourth-order valence-corrected chi connectivity index (χ4v) is 2.54. The zero-order valence-corrected chi connectivity index (χ0v) is 13.5. The molecule has 19 heavy (non-hydrogen) atoms. The summed E-state index contributed by atoms with van der Waals surface area (Å²) in [6.45, 7) is 6.35. The SMILES string of the molecule is CCC(CC)C(C)NC(=O)c1cc(Br)cnc1NC. The van der Waals surface area contributed by atoms with Crippen molar-refractivity contribution < 1.29 is 4.79 Å². The van der Waals surface area contributed by atoms with Crippen LogP contribution in [0.2, 0.25) is 0 Å². The molecule has 0 saturated heterocycles. The molecule has 0 fully saturated rings. The fraction of sp³-hybridized carbons (Fsp3) is 0.571. The van der Waals surface area contributed by atoms with Crippen LogP contribution >= 0.6 is 15.9 Å². The van der Waals surface area contributed by atoms with Crippen molar-refractivity contribution in [1.82, 2.24) is 10.3 Å². The Labute approximate surface area is 123 Å². The molecule has 0 aliphatic rings. The molecule has 0 aliphatic heterocycles. The Morgan fingerprint density at radius 2 is 2.05 bits per heavy atom. The van der Waals surface area contributed by atoms with Crippen LogP contribution in [0.5, 0.6) is 0 Å². The number of amides is 1. The van der Waals surface area contributed by atoms with E-state index < -0.39 is 0 Å². The molecule has 1 amide bonds. The molecule has 4 nitrogen and oxygen atoms in total. The van der Waals surface area contributed by atoms with Gasteiger partial charge in [-0.2, -0.15) is 0 Å². The normalized spacial score (nSPS) is 12.3. The van der Waals surface area contributed by atoms with E-state index in [1.54, 1.807) is 19.3 Å². The number of pyridine rings is 1. The molecule has 106 valence electrons. The smallest absolute Gasteiger partial charge is 0.255 e. The number of aromatic nitrogens is 1. The molecule has 0 bridgehead atoms. The third kappa shape index (κ3) is 4.20. The van der Waals surface area contributed by atoms with Crippen LogP contribution in [0.4, 0.5) is 5.82 Å². The van der Waals surface area contributed by atoms with Crippen molar-refractivity contribution in [2.45, 2.75) is 39.7 Å². The average Bonchev–Trinajstić information content (AvgIpc) is 2.40. The Bertz CT molecular complexity index is 433. The second kappa shape index (κ2) is 7.48. The predicted molar refractivity (Wildman–Crippen MR) is 82.5 cm³/mol. The lowest BCUT2D eigenvalue weighted by molar-refractivity contribution is 0.0925. The van der Waals surface area contributed by atoms with Crippen LogP contribution in [-0.2, 0) is 0 Å². The second-order valence-corrected chi connectivity index (χ2v) is 5.55. The van der Waals surface area contributed by atoms with Gasteiger partial charge in [-0.15, -0.1) is 0 Å². The molecule has 0 spiro atoms. The molecule has 5 heteroatoms. The Morgan fingerprint density at radius 1 is 1.42 bits per heavy atom. The highest BCUT2D eigenvalue weighted by Crippen LogP contribution is 2.19. The number of nitrogens with zero attached hydrogens (tertiary/aromatic N) is 1. The molecule has 2 N–H and O–H groups in total. The Kier molecular flexibility index (Phi) is 6.28. The van der Waals surface area contributed by atoms with Crippen LogP contribution in [-0.4, -0.2) is 24.0 Å². The van der Waals surface area contributed by atoms with E-state index >= 15 is 0 Å². The number of hydrogen-bond acceptors (Lipinski definition) is 3. The fourth-order valence-electron chi connectivity index (χ4n) is 2.21. The number of anilines is 1. The van der Waals surface area contributed by atoms with Crippen LogP contribution in [0.25, 0.3) is 0 Å². The lowest BCUT2D eigenvalue weighted by Crippen LogP contribution is -2.38. The Morgan fingerprint density at radius 3 is 2.58 bits per heavy atom. The summed E-state index contributed by atoms with van der Waals surface area (Å²) in [4.78, 5) is 16.5. The van der Waals surface area contributed by atoms with E-state index in [4.69, 9.17) is 0 Å². The van der Waals surface area contributed by atoms with Crippen molar-refractivity contribution in [3.8, 4) is 0 Å². The standard InChI is InChI=1S/C14H22BrN3O/c1-5-10(6-2)9(3)18-14(19)12-7-11(15)8-17-13(12)16-4/h7-10H,5-6H2,1-4H3,(H,16,17)(H,18,19). The van der Waals surface area contributed by atoms with Crippen LogP contribution in [0.3, 0.4) is 0 Å². The predicted octanol–water partition coefficient (Wildman–Crippen LogP) is 3.44. The van der Waals surface area contributed by atoms with E-state index in [-0.39, 0.29) is 11.9 Å². The lowest BCUT2D eigenvalue weighted by atomic mass is 9.95. The summed E-state index contributed by atoms with van der Waals surface area (Å²) < 4.78 is 0.798. The molecule has 0 saturated carbocycles. The number of hydrogen-bond donors (Lipinski definition) is 2. The van der Waals surface area contributed by atoms with Gasteiger partial charge in [0, 0.05) is 23.8 Å². The van der Waals surface area contributed by atoms with E-state index in [9.17, 15) is 4.79 Å². The highest BCUT2D eigenvalue weighted by molar-refractivity contribution is 9.10. The summed E-state index contributed by atoms with van der Waals surface area (Å²) in [6, 6.07) is 1.94. The molecule has 1 aromatic heterocycles. The largest absolute Gasteiger partial charge is 0.372 e. The summed E-state index contributed by atoms with van der Waals surface area (Å²) in [7, 11) is 1.76.